The van der Waals surface area contributed by atoms with E-state index in [9.17, 15) is 0 Å². The topological polar surface area (TPSA) is 28.2 Å². The average molecular weight is 261 g/mol. The zero-order valence-electron chi connectivity index (χ0n) is 12.5. The normalized spacial score (nSPS) is 16.7. The van der Waals surface area contributed by atoms with Gasteiger partial charge in [0.2, 0.25) is 0 Å². The van der Waals surface area contributed by atoms with Crippen LogP contribution in [0.5, 0.6) is 0 Å². The average Bonchev–Trinajstić information content (AvgIpc) is 2.92. The second-order valence-electron chi connectivity index (χ2n) is 6.05. The zero-order chi connectivity index (χ0) is 13.7. The summed E-state index contributed by atoms with van der Waals surface area (Å²) in [4.78, 5) is 7.05. The van der Waals surface area contributed by atoms with Crippen LogP contribution in [-0.2, 0) is 13.1 Å². The molecule has 0 amide bonds. The van der Waals surface area contributed by atoms with E-state index in [4.69, 9.17) is 0 Å². The lowest BCUT2D eigenvalue weighted by atomic mass is 10.2. The van der Waals surface area contributed by atoms with Gasteiger partial charge in [0.25, 0.3) is 0 Å². The SMILES string of the molecule is CC(C)NCc1ccc(CN(C)C2CCCC2)nc1. The highest BCUT2D eigenvalue weighted by Gasteiger charge is 2.19. The maximum atomic E-state index is 4.59. The number of hydrogen-bond acceptors (Lipinski definition) is 3. The van der Waals surface area contributed by atoms with E-state index in [2.05, 4.69) is 48.2 Å². The van der Waals surface area contributed by atoms with E-state index in [0.717, 1.165) is 19.1 Å². The molecular formula is C16H27N3. The molecule has 2 rings (SSSR count). The molecule has 1 aromatic heterocycles. The lowest BCUT2D eigenvalue weighted by Gasteiger charge is -2.23. The monoisotopic (exact) mass is 261 g/mol. The Kier molecular flexibility index (Phi) is 5.34. The number of nitrogens with one attached hydrogen (secondary N) is 1. The van der Waals surface area contributed by atoms with Crippen LogP contribution in [0.2, 0.25) is 0 Å². The molecule has 0 aromatic carbocycles. The van der Waals surface area contributed by atoms with Crippen LogP contribution in [0.25, 0.3) is 0 Å². The van der Waals surface area contributed by atoms with Crippen molar-refractivity contribution in [2.24, 2.45) is 0 Å². The molecule has 0 bridgehead atoms. The van der Waals surface area contributed by atoms with Crippen LogP contribution >= 0.6 is 0 Å². The molecule has 0 atom stereocenters. The fourth-order valence-electron chi connectivity index (χ4n) is 2.70. The minimum atomic E-state index is 0.521. The largest absolute Gasteiger partial charge is 0.310 e. The van der Waals surface area contributed by atoms with Gasteiger partial charge in [-0.05, 0) is 31.5 Å². The van der Waals surface area contributed by atoms with Crippen LogP contribution in [0.15, 0.2) is 18.3 Å². The number of nitrogens with zero attached hydrogens (tertiary/aromatic N) is 2. The third kappa shape index (κ3) is 4.59. The van der Waals surface area contributed by atoms with Crippen LogP contribution < -0.4 is 5.32 Å². The molecule has 106 valence electrons. The molecule has 3 heteroatoms. The third-order valence-electron chi connectivity index (χ3n) is 3.96. The Hall–Kier alpha value is -0.930. The fraction of sp³-hybridized carbons (Fsp3) is 0.688. The second-order valence-corrected chi connectivity index (χ2v) is 6.05. The number of rotatable bonds is 6. The lowest BCUT2D eigenvalue weighted by Crippen LogP contribution is -2.28. The first-order chi connectivity index (χ1) is 9.15. The predicted molar refractivity (Wildman–Crippen MR) is 79.9 cm³/mol. The van der Waals surface area contributed by atoms with E-state index in [-0.39, 0.29) is 0 Å². The Morgan fingerprint density at radius 2 is 2.05 bits per heavy atom. The maximum Gasteiger partial charge on any atom is 0.0544 e. The first kappa shape index (κ1) is 14.5. The van der Waals surface area contributed by atoms with Crippen molar-refractivity contribution in [2.45, 2.75) is 64.7 Å². The van der Waals surface area contributed by atoms with Crippen molar-refractivity contribution in [1.82, 2.24) is 15.2 Å². The van der Waals surface area contributed by atoms with Gasteiger partial charge in [0, 0.05) is 31.4 Å². The first-order valence-electron chi connectivity index (χ1n) is 7.52. The van der Waals surface area contributed by atoms with Crippen molar-refractivity contribution in [2.75, 3.05) is 7.05 Å². The molecule has 1 fully saturated rings. The Bertz CT molecular complexity index is 366. The van der Waals surface area contributed by atoms with Crippen molar-refractivity contribution in [3.63, 3.8) is 0 Å². The van der Waals surface area contributed by atoms with E-state index in [1.54, 1.807) is 0 Å². The summed E-state index contributed by atoms with van der Waals surface area (Å²) < 4.78 is 0. The number of pyridine rings is 1. The molecule has 0 saturated heterocycles. The van der Waals surface area contributed by atoms with E-state index in [1.165, 1.54) is 36.9 Å². The van der Waals surface area contributed by atoms with Gasteiger partial charge in [0.1, 0.15) is 0 Å². The Balaban J connectivity index is 1.83. The van der Waals surface area contributed by atoms with Crippen LogP contribution in [0.1, 0.15) is 50.8 Å². The fourth-order valence-corrected chi connectivity index (χ4v) is 2.70. The van der Waals surface area contributed by atoms with Gasteiger partial charge < -0.3 is 5.32 Å². The number of aromatic nitrogens is 1. The van der Waals surface area contributed by atoms with Crippen LogP contribution in [0, 0.1) is 0 Å². The molecule has 0 radical (unpaired) electrons. The molecule has 0 spiro atoms. The molecule has 1 aromatic rings. The minimum Gasteiger partial charge on any atom is -0.310 e. The highest BCUT2D eigenvalue weighted by Crippen LogP contribution is 2.23. The zero-order valence-corrected chi connectivity index (χ0v) is 12.5. The van der Waals surface area contributed by atoms with E-state index in [0.29, 0.717) is 6.04 Å². The van der Waals surface area contributed by atoms with E-state index < -0.39 is 0 Å². The van der Waals surface area contributed by atoms with Crippen molar-refractivity contribution >= 4 is 0 Å². The summed E-state index contributed by atoms with van der Waals surface area (Å²) in [7, 11) is 2.23. The summed E-state index contributed by atoms with van der Waals surface area (Å²) in [5.41, 5.74) is 2.45. The van der Waals surface area contributed by atoms with Crippen LogP contribution in [0.4, 0.5) is 0 Å². The van der Waals surface area contributed by atoms with Crippen molar-refractivity contribution in [3.05, 3.63) is 29.6 Å². The summed E-state index contributed by atoms with van der Waals surface area (Å²) in [5, 5.41) is 3.42. The van der Waals surface area contributed by atoms with Gasteiger partial charge in [0.15, 0.2) is 0 Å². The molecule has 3 nitrogen and oxygen atoms in total. The molecule has 19 heavy (non-hydrogen) atoms. The van der Waals surface area contributed by atoms with Gasteiger partial charge in [-0.25, -0.2) is 0 Å². The van der Waals surface area contributed by atoms with Gasteiger partial charge in [-0.3, -0.25) is 9.88 Å². The second kappa shape index (κ2) is 7.01. The predicted octanol–water partition coefficient (Wildman–Crippen LogP) is 2.95. The molecule has 1 aliphatic rings. The summed E-state index contributed by atoms with van der Waals surface area (Å²) in [6.45, 7) is 6.21. The van der Waals surface area contributed by atoms with Crippen molar-refractivity contribution in [1.29, 1.82) is 0 Å². The highest BCUT2D eigenvalue weighted by molar-refractivity contribution is 5.14. The first-order valence-corrected chi connectivity index (χ1v) is 7.52. The smallest absolute Gasteiger partial charge is 0.0544 e. The number of hydrogen-bond donors (Lipinski definition) is 1. The lowest BCUT2D eigenvalue weighted by molar-refractivity contribution is 0.235. The van der Waals surface area contributed by atoms with Gasteiger partial charge in [0.05, 0.1) is 5.69 Å². The van der Waals surface area contributed by atoms with Gasteiger partial charge >= 0.3 is 0 Å². The Morgan fingerprint density at radius 3 is 2.63 bits per heavy atom. The van der Waals surface area contributed by atoms with Gasteiger partial charge in [-0.2, -0.15) is 0 Å². The molecule has 1 heterocycles. The Labute approximate surface area is 117 Å². The Morgan fingerprint density at radius 1 is 1.32 bits per heavy atom. The van der Waals surface area contributed by atoms with E-state index in [1.807, 2.05) is 6.20 Å². The van der Waals surface area contributed by atoms with Gasteiger partial charge in [-0.15, -0.1) is 0 Å². The van der Waals surface area contributed by atoms with Gasteiger partial charge in [-0.1, -0.05) is 32.8 Å². The van der Waals surface area contributed by atoms with Crippen LogP contribution in [-0.4, -0.2) is 29.0 Å². The standard InChI is InChI=1S/C16H27N3/c1-13(2)17-10-14-8-9-15(18-11-14)12-19(3)16-6-4-5-7-16/h8-9,11,13,16-17H,4-7,10,12H2,1-3H3. The summed E-state index contributed by atoms with van der Waals surface area (Å²) in [6, 6.07) is 5.65. The molecular weight excluding hydrogens is 234 g/mol. The van der Waals surface area contributed by atoms with Crippen molar-refractivity contribution < 1.29 is 0 Å². The van der Waals surface area contributed by atoms with Crippen molar-refractivity contribution in [3.8, 4) is 0 Å². The molecule has 1 aliphatic carbocycles. The summed E-state index contributed by atoms with van der Waals surface area (Å²) in [5.74, 6) is 0. The van der Waals surface area contributed by atoms with E-state index >= 15 is 0 Å². The quantitative estimate of drug-likeness (QED) is 0.853. The summed E-state index contributed by atoms with van der Waals surface area (Å²) >= 11 is 0. The summed E-state index contributed by atoms with van der Waals surface area (Å²) in [6.07, 6.45) is 7.50. The molecule has 0 aliphatic heterocycles. The molecule has 0 unspecified atom stereocenters. The highest BCUT2D eigenvalue weighted by atomic mass is 15.1. The minimum absolute atomic E-state index is 0.521. The molecule has 1 N–H and O–H groups in total. The maximum absolute atomic E-state index is 4.59. The third-order valence-corrected chi connectivity index (χ3v) is 3.96. The van der Waals surface area contributed by atoms with Crippen LogP contribution in [0.3, 0.4) is 0 Å². The molecule has 1 saturated carbocycles.